The van der Waals surface area contributed by atoms with Crippen molar-refractivity contribution in [2.45, 2.75) is 57.8 Å². The van der Waals surface area contributed by atoms with E-state index in [4.69, 9.17) is 15.3 Å². The van der Waals surface area contributed by atoms with Crippen LogP contribution in [0.15, 0.2) is 47.7 Å². The van der Waals surface area contributed by atoms with E-state index in [-0.39, 0.29) is 19.0 Å². The second kappa shape index (κ2) is 10.4. The van der Waals surface area contributed by atoms with Gasteiger partial charge in [-0.05, 0) is 81.5 Å². The minimum Gasteiger partial charge on any atom is -0.444 e. The fourth-order valence-electron chi connectivity index (χ4n) is 5.74. The van der Waals surface area contributed by atoms with Crippen molar-refractivity contribution in [2.24, 2.45) is 18.1 Å². The fraction of sp³-hybridized carbons (Fsp3) is 0.467. The molecule has 2 amide bonds. The van der Waals surface area contributed by atoms with Gasteiger partial charge in [-0.1, -0.05) is 5.11 Å². The number of hydrogen-bond acceptors (Lipinski definition) is 6. The number of likely N-dealkylation sites (N-methyl/N-ethyl adjacent to an activating group) is 1. The molecule has 0 radical (unpaired) electrons. The molecule has 2 fully saturated rings. The van der Waals surface area contributed by atoms with E-state index in [2.05, 4.69) is 36.3 Å². The van der Waals surface area contributed by atoms with Crippen molar-refractivity contribution in [1.29, 1.82) is 0 Å². The highest BCUT2D eigenvalue weighted by Gasteiger charge is 2.40. The normalized spacial score (nSPS) is 18.8. The Bertz CT molecular complexity index is 1740. The van der Waals surface area contributed by atoms with Gasteiger partial charge in [-0.2, -0.15) is 0 Å². The third kappa shape index (κ3) is 5.14. The molecule has 0 N–H and O–H groups in total. The van der Waals surface area contributed by atoms with Crippen LogP contribution in [-0.2, 0) is 18.3 Å². The molecule has 12 heteroatoms. The van der Waals surface area contributed by atoms with Crippen molar-refractivity contribution in [3.8, 4) is 11.5 Å². The van der Waals surface area contributed by atoms with Gasteiger partial charge in [0.25, 0.3) is 5.91 Å². The fourth-order valence-corrected chi connectivity index (χ4v) is 5.74. The molecule has 0 spiro atoms. The number of ether oxygens (including phenoxy) is 1. The molecule has 1 saturated heterocycles. The van der Waals surface area contributed by atoms with Crippen molar-refractivity contribution in [1.82, 2.24) is 28.9 Å². The first-order valence-electron chi connectivity index (χ1n) is 14.2. The van der Waals surface area contributed by atoms with E-state index in [0.717, 1.165) is 34.6 Å². The van der Waals surface area contributed by atoms with Crippen molar-refractivity contribution in [3.05, 3.63) is 58.6 Å². The van der Waals surface area contributed by atoms with Gasteiger partial charge in [-0.3, -0.25) is 4.79 Å². The maximum Gasteiger partial charge on any atom is 0.410 e. The number of azide groups is 1. The lowest BCUT2D eigenvalue weighted by Crippen LogP contribution is -2.44. The minimum atomic E-state index is -0.662. The summed E-state index contributed by atoms with van der Waals surface area (Å²) in [5.41, 5.74) is 12.5. The van der Waals surface area contributed by atoms with Crippen LogP contribution in [-0.4, -0.2) is 78.7 Å². The first-order chi connectivity index (χ1) is 20.0. The second-order valence-electron chi connectivity index (χ2n) is 12.3. The summed E-state index contributed by atoms with van der Waals surface area (Å²) < 4.78 is 9.82. The largest absolute Gasteiger partial charge is 0.444 e. The molecule has 2 aliphatic rings. The zero-order valence-corrected chi connectivity index (χ0v) is 24.6. The highest BCUT2D eigenvalue weighted by molar-refractivity contribution is 5.98. The zero-order valence-electron chi connectivity index (χ0n) is 24.6. The molecule has 1 aromatic carbocycles. The van der Waals surface area contributed by atoms with Gasteiger partial charge >= 0.3 is 6.09 Å². The van der Waals surface area contributed by atoms with Gasteiger partial charge in [0.15, 0.2) is 5.82 Å². The topological polar surface area (TPSA) is 134 Å². The van der Waals surface area contributed by atoms with Crippen LogP contribution in [0, 0.1) is 5.92 Å². The number of carbonyl (C=O) groups excluding carboxylic acids is 2. The van der Waals surface area contributed by atoms with Gasteiger partial charge in [-0.15, -0.1) is 0 Å². The Labute approximate surface area is 243 Å². The van der Waals surface area contributed by atoms with E-state index in [1.807, 2.05) is 25.4 Å². The van der Waals surface area contributed by atoms with E-state index in [9.17, 15) is 9.59 Å². The van der Waals surface area contributed by atoms with Crippen molar-refractivity contribution in [3.63, 3.8) is 0 Å². The van der Waals surface area contributed by atoms with E-state index < -0.39 is 23.8 Å². The van der Waals surface area contributed by atoms with Crippen LogP contribution in [0.2, 0.25) is 0 Å². The SMILES string of the molecule is CN(C(=O)c1ccc2c(c1)nc(-c1cc3cccnc3n1CC1CC1)n2C)[C@H]1CN(C(=O)OC(C)(C)C)C[C@@H]1N=[N+]=[N-]. The smallest absolute Gasteiger partial charge is 0.410 e. The Balaban J connectivity index is 1.29. The Morgan fingerprint density at radius 3 is 2.69 bits per heavy atom. The number of rotatable bonds is 6. The summed E-state index contributed by atoms with van der Waals surface area (Å²) in [7, 11) is 3.65. The number of pyridine rings is 1. The predicted molar refractivity (Wildman–Crippen MR) is 159 cm³/mol. The van der Waals surface area contributed by atoms with E-state index in [0.29, 0.717) is 17.0 Å². The number of aromatic nitrogens is 4. The summed E-state index contributed by atoms with van der Waals surface area (Å²) in [6.07, 6.45) is 3.78. The van der Waals surface area contributed by atoms with Crippen LogP contribution in [0.25, 0.3) is 44.0 Å². The van der Waals surface area contributed by atoms with Crippen LogP contribution in [0.4, 0.5) is 4.79 Å². The van der Waals surface area contributed by atoms with Gasteiger partial charge in [0.1, 0.15) is 11.2 Å². The quantitative estimate of drug-likeness (QED) is 0.175. The summed E-state index contributed by atoms with van der Waals surface area (Å²) >= 11 is 0. The molecular formula is C30H35N9O3. The molecule has 3 aromatic heterocycles. The number of benzene rings is 1. The molecule has 4 heterocycles. The Morgan fingerprint density at radius 2 is 1.98 bits per heavy atom. The average Bonchev–Trinajstić information content (AvgIpc) is 3.42. The minimum absolute atomic E-state index is 0.174. The Hall–Kier alpha value is -4.57. The number of amides is 2. The van der Waals surface area contributed by atoms with Gasteiger partial charge in [0.2, 0.25) is 0 Å². The first-order valence-corrected chi connectivity index (χ1v) is 14.2. The zero-order chi connectivity index (χ0) is 29.8. The van der Waals surface area contributed by atoms with E-state index in [1.54, 1.807) is 44.9 Å². The standard InChI is InChI=1S/C30H35N9O3/c1-30(2,3)42-29(41)38-16-22(34-35-31)25(17-38)37(5)28(40)20-10-11-23-21(13-20)33-27(36(23)4)24-14-19-7-6-12-32-26(19)39(24)15-18-8-9-18/h6-7,10-14,18,22,25H,8-9,15-17H2,1-5H3/t22-,25-/m0/s1. The molecule has 1 aliphatic carbocycles. The maximum atomic E-state index is 13.7. The molecule has 2 atom stereocenters. The maximum absolute atomic E-state index is 13.7. The molecule has 0 unspecified atom stereocenters. The van der Waals surface area contributed by atoms with Crippen molar-refractivity contribution >= 4 is 34.1 Å². The number of carbonyl (C=O) groups is 2. The van der Waals surface area contributed by atoms with Gasteiger partial charge < -0.3 is 23.7 Å². The van der Waals surface area contributed by atoms with Gasteiger partial charge in [0, 0.05) is 55.8 Å². The summed E-state index contributed by atoms with van der Waals surface area (Å²) in [5.74, 6) is 1.23. The molecule has 6 rings (SSSR count). The van der Waals surface area contributed by atoms with Gasteiger partial charge in [0.05, 0.1) is 28.8 Å². The summed E-state index contributed by atoms with van der Waals surface area (Å²) in [5, 5.41) is 4.97. The lowest BCUT2D eigenvalue weighted by atomic mass is 10.1. The average molecular weight is 570 g/mol. The molecule has 1 saturated carbocycles. The molecule has 4 aromatic rings. The third-order valence-corrected chi connectivity index (χ3v) is 8.08. The molecule has 0 bridgehead atoms. The number of fused-ring (bicyclic) bond motifs is 2. The highest BCUT2D eigenvalue weighted by Crippen LogP contribution is 2.36. The number of aryl methyl sites for hydroxylation is 1. The molecule has 1 aliphatic heterocycles. The van der Waals surface area contributed by atoms with Crippen LogP contribution in [0.3, 0.4) is 0 Å². The molecule has 12 nitrogen and oxygen atoms in total. The Morgan fingerprint density at radius 1 is 1.19 bits per heavy atom. The van der Waals surface area contributed by atoms with Crippen LogP contribution >= 0.6 is 0 Å². The molecular weight excluding hydrogens is 534 g/mol. The second-order valence-corrected chi connectivity index (χ2v) is 12.3. The predicted octanol–water partition coefficient (Wildman–Crippen LogP) is 5.37. The number of likely N-dealkylation sites (tertiary alicyclic amines) is 1. The molecule has 42 heavy (non-hydrogen) atoms. The number of hydrogen-bond donors (Lipinski definition) is 0. The van der Waals surface area contributed by atoms with Crippen LogP contribution in [0.1, 0.15) is 44.0 Å². The number of imidazole rings is 1. The summed E-state index contributed by atoms with van der Waals surface area (Å²) in [4.78, 5) is 42.1. The highest BCUT2D eigenvalue weighted by atomic mass is 16.6. The summed E-state index contributed by atoms with van der Waals surface area (Å²) in [6, 6.07) is 10.6. The summed E-state index contributed by atoms with van der Waals surface area (Å²) in [6.45, 7) is 6.66. The lowest BCUT2D eigenvalue weighted by Gasteiger charge is -2.27. The lowest BCUT2D eigenvalue weighted by molar-refractivity contribution is 0.0278. The van der Waals surface area contributed by atoms with Crippen molar-refractivity contribution < 1.29 is 14.3 Å². The molecule has 218 valence electrons. The Kier molecular flexibility index (Phi) is 6.81. The van der Waals surface area contributed by atoms with Crippen molar-refractivity contribution in [2.75, 3.05) is 20.1 Å². The van der Waals surface area contributed by atoms with E-state index >= 15 is 0 Å². The first kappa shape index (κ1) is 27.6. The monoisotopic (exact) mass is 569 g/mol. The van der Waals surface area contributed by atoms with Crippen LogP contribution < -0.4 is 0 Å². The number of nitrogens with zero attached hydrogens (tertiary/aromatic N) is 9. The van der Waals surface area contributed by atoms with Gasteiger partial charge in [-0.25, -0.2) is 14.8 Å². The van der Waals surface area contributed by atoms with E-state index in [1.165, 1.54) is 17.7 Å². The van der Waals surface area contributed by atoms with Crippen LogP contribution in [0.5, 0.6) is 0 Å². The third-order valence-electron chi connectivity index (χ3n) is 8.08.